The van der Waals surface area contributed by atoms with Crippen LogP contribution in [0.4, 0.5) is 5.69 Å². The first-order valence-electron chi connectivity index (χ1n) is 9.83. The van der Waals surface area contributed by atoms with Crippen molar-refractivity contribution in [3.8, 4) is 17.5 Å². The number of hydrogen-bond acceptors (Lipinski definition) is 8. The number of methoxy groups -OCH3 is 2. The van der Waals surface area contributed by atoms with Crippen molar-refractivity contribution in [2.24, 2.45) is 0 Å². The van der Waals surface area contributed by atoms with Crippen LogP contribution in [-0.4, -0.2) is 35.1 Å². The van der Waals surface area contributed by atoms with E-state index in [4.69, 9.17) is 14.2 Å². The molecular formula is C23H22N4O4S. The Bertz CT molecular complexity index is 1250. The minimum absolute atomic E-state index is 0.255. The van der Waals surface area contributed by atoms with Gasteiger partial charge in [0.2, 0.25) is 11.8 Å². The number of thiophene rings is 1. The maximum Gasteiger partial charge on any atom is 0.266 e. The molecule has 1 amide bonds. The van der Waals surface area contributed by atoms with Crippen LogP contribution in [0.1, 0.15) is 26.6 Å². The largest absolute Gasteiger partial charge is 0.480 e. The van der Waals surface area contributed by atoms with Gasteiger partial charge < -0.3 is 19.5 Å². The molecule has 3 aromatic heterocycles. The molecule has 0 aliphatic carbocycles. The van der Waals surface area contributed by atoms with Crippen LogP contribution in [0, 0.1) is 13.8 Å². The summed E-state index contributed by atoms with van der Waals surface area (Å²) < 4.78 is 16.3. The third kappa shape index (κ3) is 4.53. The van der Waals surface area contributed by atoms with Crippen molar-refractivity contribution in [3.63, 3.8) is 0 Å². The standard InChI is InChI=1S/C23H22N4O4S/c1-13-5-8-16(9-6-13)31-18-10-7-15(11-24-18)25-21(28)20-14(2)19-22(30-4)26-17(12-29-3)27-23(19)32-20/h5-11H,12H2,1-4H3,(H,25,28). The van der Waals surface area contributed by atoms with E-state index in [1.54, 1.807) is 32.5 Å². The zero-order chi connectivity index (χ0) is 22.7. The first kappa shape index (κ1) is 21.7. The zero-order valence-electron chi connectivity index (χ0n) is 18.1. The first-order chi connectivity index (χ1) is 15.5. The van der Waals surface area contributed by atoms with Crippen LogP contribution in [0.5, 0.6) is 17.5 Å². The Balaban J connectivity index is 1.53. The topological polar surface area (TPSA) is 95.5 Å². The van der Waals surface area contributed by atoms with Gasteiger partial charge in [0.1, 0.15) is 17.2 Å². The summed E-state index contributed by atoms with van der Waals surface area (Å²) in [6, 6.07) is 11.1. The quantitative estimate of drug-likeness (QED) is 0.428. The molecule has 9 heteroatoms. The molecule has 0 radical (unpaired) electrons. The van der Waals surface area contributed by atoms with Gasteiger partial charge in [0, 0.05) is 13.2 Å². The molecule has 0 saturated carbocycles. The minimum Gasteiger partial charge on any atom is -0.480 e. The lowest BCUT2D eigenvalue weighted by Crippen LogP contribution is -2.11. The number of benzene rings is 1. The maximum absolute atomic E-state index is 12.9. The van der Waals surface area contributed by atoms with Gasteiger partial charge in [0.05, 0.1) is 29.3 Å². The van der Waals surface area contributed by atoms with E-state index in [1.165, 1.54) is 11.3 Å². The van der Waals surface area contributed by atoms with E-state index in [0.29, 0.717) is 38.7 Å². The second kappa shape index (κ2) is 9.29. The Hall–Kier alpha value is -3.56. The SMILES string of the molecule is COCc1nc(OC)c2c(C)c(C(=O)Nc3ccc(Oc4ccc(C)cc4)nc3)sc2n1. The lowest BCUT2D eigenvalue weighted by atomic mass is 10.2. The molecule has 0 atom stereocenters. The fourth-order valence-electron chi connectivity index (χ4n) is 3.13. The third-order valence-corrected chi connectivity index (χ3v) is 5.90. The summed E-state index contributed by atoms with van der Waals surface area (Å²) in [5, 5.41) is 3.60. The molecule has 164 valence electrons. The molecule has 4 rings (SSSR count). The van der Waals surface area contributed by atoms with Crippen LogP contribution in [0.15, 0.2) is 42.6 Å². The van der Waals surface area contributed by atoms with Crippen LogP contribution in [0.25, 0.3) is 10.2 Å². The lowest BCUT2D eigenvalue weighted by molar-refractivity contribution is 0.103. The fraction of sp³-hybridized carbons (Fsp3) is 0.217. The summed E-state index contributed by atoms with van der Waals surface area (Å²) in [7, 11) is 3.12. The smallest absolute Gasteiger partial charge is 0.266 e. The van der Waals surface area contributed by atoms with Gasteiger partial charge in [-0.05, 0) is 37.6 Å². The number of aryl methyl sites for hydroxylation is 2. The second-order valence-electron chi connectivity index (χ2n) is 7.07. The van der Waals surface area contributed by atoms with Gasteiger partial charge in [0.25, 0.3) is 5.91 Å². The zero-order valence-corrected chi connectivity index (χ0v) is 18.9. The summed E-state index contributed by atoms with van der Waals surface area (Å²) in [6.07, 6.45) is 1.56. The minimum atomic E-state index is -0.255. The highest BCUT2D eigenvalue weighted by Gasteiger charge is 2.21. The summed E-state index contributed by atoms with van der Waals surface area (Å²) in [6.45, 7) is 4.12. The third-order valence-electron chi connectivity index (χ3n) is 4.71. The van der Waals surface area contributed by atoms with E-state index in [-0.39, 0.29) is 12.5 Å². The number of amides is 1. The Morgan fingerprint density at radius 3 is 2.50 bits per heavy atom. The average Bonchev–Trinajstić information content (AvgIpc) is 3.13. The van der Waals surface area contributed by atoms with Crippen LogP contribution in [0.3, 0.4) is 0 Å². The highest BCUT2D eigenvalue weighted by atomic mass is 32.1. The van der Waals surface area contributed by atoms with Gasteiger partial charge in [-0.2, -0.15) is 4.98 Å². The number of carbonyl (C=O) groups excluding carboxylic acids is 1. The predicted octanol–water partition coefficient (Wildman–Crippen LogP) is 4.90. The van der Waals surface area contributed by atoms with Crippen molar-refractivity contribution in [2.45, 2.75) is 20.5 Å². The Labute approximate surface area is 189 Å². The molecule has 3 heterocycles. The van der Waals surface area contributed by atoms with Gasteiger partial charge in [0.15, 0.2) is 5.82 Å². The maximum atomic E-state index is 12.9. The normalized spacial score (nSPS) is 10.9. The molecule has 0 fully saturated rings. The van der Waals surface area contributed by atoms with Gasteiger partial charge in [-0.15, -0.1) is 11.3 Å². The number of ether oxygens (including phenoxy) is 3. The average molecular weight is 451 g/mol. The van der Waals surface area contributed by atoms with Crippen molar-refractivity contribution in [3.05, 3.63) is 64.4 Å². The molecule has 32 heavy (non-hydrogen) atoms. The lowest BCUT2D eigenvalue weighted by Gasteiger charge is -2.07. The molecule has 0 bridgehead atoms. The molecule has 1 aromatic carbocycles. The predicted molar refractivity (Wildman–Crippen MR) is 123 cm³/mol. The monoisotopic (exact) mass is 450 g/mol. The van der Waals surface area contributed by atoms with Gasteiger partial charge >= 0.3 is 0 Å². The Morgan fingerprint density at radius 2 is 1.84 bits per heavy atom. The molecule has 4 aromatic rings. The van der Waals surface area contributed by atoms with Crippen LogP contribution < -0.4 is 14.8 Å². The number of carbonyl (C=O) groups is 1. The molecule has 0 spiro atoms. The Kier molecular flexibility index (Phi) is 6.29. The van der Waals surface area contributed by atoms with Crippen molar-refractivity contribution in [2.75, 3.05) is 19.5 Å². The summed E-state index contributed by atoms with van der Waals surface area (Å²) in [4.78, 5) is 27.3. The fourth-order valence-corrected chi connectivity index (χ4v) is 4.22. The number of nitrogens with zero attached hydrogens (tertiary/aromatic N) is 3. The summed E-state index contributed by atoms with van der Waals surface area (Å²) in [5.41, 5.74) is 2.47. The van der Waals surface area contributed by atoms with Crippen LogP contribution >= 0.6 is 11.3 Å². The summed E-state index contributed by atoms with van der Waals surface area (Å²) >= 11 is 1.28. The molecular weight excluding hydrogens is 428 g/mol. The molecule has 8 nitrogen and oxygen atoms in total. The van der Waals surface area contributed by atoms with Crippen molar-refractivity contribution < 1.29 is 19.0 Å². The number of aromatic nitrogens is 3. The van der Waals surface area contributed by atoms with Gasteiger partial charge in [-0.3, -0.25) is 4.79 Å². The molecule has 0 saturated heterocycles. The molecule has 1 N–H and O–H groups in total. The van der Waals surface area contributed by atoms with Crippen molar-refractivity contribution in [1.82, 2.24) is 15.0 Å². The molecule has 0 aliphatic heterocycles. The van der Waals surface area contributed by atoms with E-state index < -0.39 is 0 Å². The number of nitrogens with one attached hydrogen (secondary N) is 1. The van der Waals surface area contributed by atoms with E-state index in [1.807, 2.05) is 38.1 Å². The van der Waals surface area contributed by atoms with Gasteiger partial charge in [-0.1, -0.05) is 17.7 Å². The second-order valence-corrected chi connectivity index (χ2v) is 8.07. The molecule has 0 unspecified atom stereocenters. The highest BCUT2D eigenvalue weighted by molar-refractivity contribution is 7.20. The number of rotatable bonds is 7. The van der Waals surface area contributed by atoms with E-state index in [0.717, 1.165) is 16.5 Å². The number of hydrogen-bond donors (Lipinski definition) is 1. The summed E-state index contributed by atoms with van der Waals surface area (Å²) in [5.74, 6) is 1.81. The van der Waals surface area contributed by atoms with E-state index in [2.05, 4.69) is 20.3 Å². The first-order valence-corrected chi connectivity index (χ1v) is 10.6. The van der Waals surface area contributed by atoms with Crippen molar-refractivity contribution >= 4 is 33.1 Å². The van der Waals surface area contributed by atoms with Crippen molar-refractivity contribution in [1.29, 1.82) is 0 Å². The number of pyridine rings is 1. The Morgan fingerprint density at radius 1 is 1.06 bits per heavy atom. The van der Waals surface area contributed by atoms with E-state index in [9.17, 15) is 4.79 Å². The number of fused-ring (bicyclic) bond motifs is 1. The van der Waals surface area contributed by atoms with Crippen LogP contribution in [-0.2, 0) is 11.3 Å². The molecule has 0 aliphatic rings. The van der Waals surface area contributed by atoms with Gasteiger partial charge in [-0.25, -0.2) is 9.97 Å². The highest BCUT2D eigenvalue weighted by Crippen LogP contribution is 2.35. The number of anilines is 1. The van der Waals surface area contributed by atoms with E-state index >= 15 is 0 Å². The van der Waals surface area contributed by atoms with Crippen LogP contribution in [0.2, 0.25) is 0 Å².